The summed E-state index contributed by atoms with van der Waals surface area (Å²) in [5, 5.41) is 4.60. The Bertz CT molecular complexity index is 1150. The maximum Gasteiger partial charge on any atom is 0.226 e. The maximum atomic E-state index is 13.2. The zero-order valence-electron chi connectivity index (χ0n) is 20.9. The first kappa shape index (κ1) is 23.7. The third-order valence-electron chi connectivity index (χ3n) is 7.17. The van der Waals surface area contributed by atoms with Crippen molar-refractivity contribution in [3.63, 3.8) is 0 Å². The van der Waals surface area contributed by atoms with E-state index in [2.05, 4.69) is 70.5 Å². The van der Waals surface area contributed by atoms with E-state index in [-0.39, 0.29) is 5.92 Å². The van der Waals surface area contributed by atoms with Gasteiger partial charge in [-0.05, 0) is 63.2 Å². The molecule has 5 rings (SSSR count). The van der Waals surface area contributed by atoms with Crippen LogP contribution in [-0.2, 0) is 24.2 Å². The Hall–Kier alpha value is -3.03. The highest BCUT2D eigenvalue weighted by atomic mass is 16.2. The van der Waals surface area contributed by atoms with Gasteiger partial charge in [0.2, 0.25) is 5.91 Å². The van der Waals surface area contributed by atoms with Crippen LogP contribution in [-0.4, -0.2) is 83.9 Å². The molecule has 1 aliphatic carbocycles. The Labute approximate surface area is 208 Å². The molecule has 0 spiro atoms. The van der Waals surface area contributed by atoms with Crippen LogP contribution < -0.4 is 5.32 Å². The molecule has 1 N–H and O–H groups in total. The predicted molar refractivity (Wildman–Crippen MR) is 140 cm³/mol. The zero-order valence-corrected chi connectivity index (χ0v) is 20.9. The van der Waals surface area contributed by atoms with E-state index in [1.807, 2.05) is 12.1 Å². The van der Waals surface area contributed by atoms with Crippen LogP contribution in [0.2, 0.25) is 0 Å². The molecule has 2 aromatic carbocycles. The fourth-order valence-electron chi connectivity index (χ4n) is 5.25. The number of benzene rings is 2. The number of anilines is 1. The van der Waals surface area contributed by atoms with Gasteiger partial charge in [-0.3, -0.25) is 9.69 Å². The van der Waals surface area contributed by atoms with Crippen LogP contribution in [0.1, 0.15) is 23.4 Å². The molecule has 0 radical (unpaired) electrons. The Kier molecular flexibility index (Phi) is 7.25. The molecular formula is C28H36N6O. The Morgan fingerprint density at radius 2 is 1.66 bits per heavy atom. The summed E-state index contributed by atoms with van der Waals surface area (Å²) in [6.07, 6.45) is 2.82. The van der Waals surface area contributed by atoms with E-state index in [1.165, 1.54) is 11.1 Å². The first-order valence-electron chi connectivity index (χ1n) is 12.8. The van der Waals surface area contributed by atoms with Gasteiger partial charge in [-0.15, -0.1) is 0 Å². The number of carbonyl (C=O) groups is 1. The van der Waals surface area contributed by atoms with E-state index in [4.69, 9.17) is 9.97 Å². The third-order valence-corrected chi connectivity index (χ3v) is 7.17. The van der Waals surface area contributed by atoms with Crippen LogP contribution in [0.5, 0.6) is 0 Å². The van der Waals surface area contributed by atoms with Crippen molar-refractivity contribution >= 4 is 22.6 Å². The van der Waals surface area contributed by atoms with Crippen molar-refractivity contribution in [1.29, 1.82) is 0 Å². The minimum absolute atomic E-state index is 0.101. The summed E-state index contributed by atoms with van der Waals surface area (Å²) in [5.74, 6) is 2.17. The maximum absolute atomic E-state index is 13.2. The van der Waals surface area contributed by atoms with Crippen LogP contribution in [0, 0.1) is 5.92 Å². The van der Waals surface area contributed by atoms with E-state index in [0.717, 1.165) is 81.1 Å². The summed E-state index contributed by atoms with van der Waals surface area (Å²) in [6.45, 7) is 5.88. The van der Waals surface area contributed by atoms with E-state index >= 15 is 0 Å². The van der Waals surface area contributed by atoms with Crippen LogP contribution in [0.15, 0.2) is 48.5 Å². The molecule has 0 atom stereocenters. The molecule has 7 heteroatoms. The van der Waals surface area contributed by atoms with Gasteiger partial charge >= 0.3 is 0 Å². The minimum atomic E-state index is 0.101. The topological polar surface area (TPSA) is 64.6 Å². The molecule has 1 saturated heterocycles. The van der Waals surface area contributed by atoms with Crippen LogP contribution in [0.25, 0.3) is 10.9 Å². The number of aromatic nitrogens is 2. The lowest BCUT2D eigenvalue weighted by Crippen LogP contribution is -2.50. The van der Waals surface area contributed by atoms with Gasteiger partial charge in [-0.1, -0.05) is 36.4 Å². The van der Waals surface area contributed by atoms with Gasteiger partial charge < -0.3 is 15.1 Å². The van der Waals surface area contributed by atoms with E-state index in [1.54, 1.807) is 0 Å². The van der Waals surface area contributed by atoms with Crippen molar-refractivity contribution < 1.29 is 4.79 Å². The lowest BCUT2D eigenvalue weighted by atomic mass is 10.0. The number of piperazine rings is 1. The quantitative estimate of drug-likeness (QED) is 0.509. The average Bonchev–Trinajstić information content (AvgIpc) is 3.31. The Morgan fingerprint density at radius 3 is 2.37 bits per heavy atom. The summed E-state index contributed by atoms with van der Waals surface area (Å²) in [4.78, 5) is 29.5. The Morgan fingerprint density at radius 1 is 0.971 bits per heavy atom. The SMILES string of the molecule is CN(C)CCCNc1nc(CN2CCN(C(=O)C3Cc4ccccc4C3)CC2)nc2ccccc12. The molecule has 1 fully saturated rings. The summed E-state index contributed by atoms with van der Waals surface area (Å²) < 4.78 is 0. The lowest BCUT2D eigenvalue weighted by molar-refractivity contribution is -0.137. The first-order valence-corrected chi connectivity index (χ1v) is 12.8. The molecular weight excluding hydrogens is 436 g/mol. The monoisotopic (exact) mass is 472 g/mol. The molecule has 0 bridgehead atoms. The fraction of sp³-hybridized carbons (Fsp3) is 0.464. The van der Waals surface area contributed by atoms with Gasteiger partial charge in [-0.25, -0.2) is 9.97 Å². The highest BCUT2D eigenvalue weighted by Gasteiger charge is 2.32. The van der Waals surface area contributed by atoms with Crippen molar-refractivity contribution in [2.24, 2.45) is 5.92 Å². The standard InChI is InChI=1S/C28H36N6O/c1-32(2)13-7-12-29-27-24-10-5-6-11-25(24)30-26(31-27)20-33-14-16-34(17-15-33)28(35)23-18-21-8-3-4-9-22(21)19-23/h3-6,8-11,23H,7,12-20H2,1-2H3,(H,29,30,31). The van der Waals surface area contributed by atoms with Crippen molar-refractivity contribution in [2.75, 3.05) is 58.7 Å². The largest absolute Gasteiger partial charge is 0.369 e. The van der Waals surface area contributed by atoms with E-state index in [0.29, 0.717) is 12.5 Å². The molecule has 35 heavy (non-hydrogen) atoms. The van der Waals surface area contributed by atoms with Gasteiger partial charge in [0.25, 0.3) is 0 Å². The molecule has 0 saturated carbocycles. The zero-order chi connectivity index (χ0) is 24.2. The number of hydrogen-bond donors (Lipinski definition) is 1. The van der Waals surface area contributed by atoms with Gasteiger partial charge in [0.15, 0.2) is 0 Å². The number of hydrogen-bond acceptors (Lipinski definition) is 6. The van der Waals surface area contributed by atoms with Gasteiger partial charge in [0.1, 0.15) is 11.6 Å². The third kappa shape index (κ3) is 5.63. The molecule has 7 nitrogen and oxygen atoms in total. The molecule has 2 aliphatic rings. The highest BCUT2D eigenvalue weighted by molar-refractivity contribution is 5.89. The van der Waals surface area contributed by atoms with Crippen LogP contribution in [0.4, 0.5) is 5.82 Å². The van der Waals surface area contributed by atoms with Gasteiger partial charge in [0.05, 0.1) is 12.1 Å². The first-order chi connectivity index (χ1) is 17.1. The summed E-state index contributed by atoms with van der Waals surface area (Å²) >= 11 is 0. The highest BCUT2D eigenvalue weighted by Crippen LogP contribution is 2.28. The number of nitrogens with zero attached hydrogens (tertiary/aromatic N) is 5. The number of amides is 1. The lowest BCUT2D eigenvalue weighted by Gasteiger charge is -2.35. The fourth-order valence-corrected chi connectivity index (χ4v) is 5.25. The molecule has 3 aromatic rings. The smallest absolute Gasteiger partial charge is 0.226 e. The second-order valence-corrected chi connectivity index (χ2v) is 10.1. The minimum Gasteiger partial charge on any atom is -0.369 e. The van der Waals surface area contributed by atoms with Crippen LogP contribution in [0.3, 0.4) is 0 Å². The molecule has 0 unspecified atom stereocenters. The van der Waals surface area contributed by atoms with Crippen molar-refractivity contribution in [3.8, 4) is 0 Å². The summed E-state index contributed by atoms with van der Waals surface area (Å²) in [6, 6.07) is 16.7. The van der Waals surface area contributed by atoms with Gasteiger partial charge in [0, 0.05) is 44.0 Å². The summed E-state index contributed by atoms with van der Waals surface area (Å²) in [5.41, 5.74) is 3.65. The summed E-state index contributed by atoms with van der Waals surface area (Å²) in [7, 11) is 4.19. The van der Waals surface area contributed by atoms with Crippen molar-refractivity contribution in [2.45, 2.75) is 25.8 Å². The number of nitrogens with one attached hydrogen (secondary N) is 1. The molecule has 2 heterocycles. The van der Waals surface area contributed by atoms with Crippen LogP contribution >= 0.6 is 0 Å². The number of carbonyl (C=O) groups excluding carboxylic acids is 1. The number of rotatable bonds is 8. The van der Waals surface area contributed by atoms with E-state index < -0.39 is 0 Å². The molecule has 1 amide bonds. The van der Waals surface area contributed by atoms with E-state index in [9.17, 15) is 4.79 Å². The van der Waals surface area contributed by atoms with Crippen molar-refractivity contribution in [3.05, 3.63) is 65.5 Å². The predicted octanol–water partition coefficient (Wildman–Crippen LogP) is 3.05. The average molecular weight is 473 g/mol. The number of para-hydroxylation sites is 1. The normalized spacial score (nSPS) is 16.7. The number of fused-ring (bicyclic) bond motifs is 2. The van der Waals surface area contributed by atoms with Gasteiger partial charge in [-0.2, -0.15) is 0 Å². The molecule has 1 aromatic heterocycles. The molecule has 1 aliphatic heterocycles. The van der Waals surface area contributed by atoms with Crippen molar-refractivity contribution in [1.82, 2.24) is 24.7 Å². The second kappa shape index (κ2) is 10.7. The molecule has 184 valence electrons. The second-order valence-electron chi connectivity index (χ2n) is 10.1. The Balaban J connectivity index is 1.18.